The zero-order valence-corrected chi connectivity index (χ0v) is 11.2. The number of ether oxygens (including phenoxy) is 1. The molecule has 108 valence electrons. The summed E-state index contributed by atoms with van der Waals surface area (Å²) in [7, 11) is 0. The van der Waals surface area contributed by atoms with Gasteiger partial charge in [0.2, 0.25) is 0 Å². The van der Waals surface area contributed by atoms with Crippen LogP contribution in [0.3, 0.4) is 0 Å². The number of nitrogens with one attached hydrogen (secondary N) is 1. The second-order valence-corrected chi connectivity index (χ2v) is 5.30. The van der Waals surface area contributed by atoms with Crippen LogP contribution in [0, 0.1) is 0 Å². The highest BCUT2D eigenvalue weighted by Crippen LogP contribution is 2.35. The molecule has 3 atom stereocenters. The maximum Gasteiger partial charge on any atom is 0.257 e. The third kappa shape index (κ3) is 2.15. The molecule has 6 nitrogen and oxygen atoms in total. The van der Waals surface area contributed by atoms with Gasteiger partial charge in [-0.15, -0.1) is 0 Å². The summed E-state index contributed by atoms with van der Waals surface area (Å²) in [4.78, 5) is 13.6. The first-order valence-corrected chi connectivity index (χ1v) is 6.72. The van der Waals surface area contributed by atoms with Crippen LogP contribution in [0.5, 0.6) is 0 Å². The first-order chi connectivity index (χ1) is 9.60. The molecule has 3 rings (SSSR count). The van der Waals surface area contributed by atoms with Crippen LogP contribution >= 0.6 is 0 Å². The van der Waals surface area contributed by atoms with Gasteiger partial charge in [0.15, 0.2) is 6.10 Å². The summed E-state index contributed by atoms with van der Waals surface area (Å²) in [6, 6.07) is 5.71. The third-order valence-corrected chi connectivity index (χ3v) is 3.88. The van der Waals surface area contributed by atoms with E-state index in [1.807, 2.05) is 19.1 Å². The zero-order chi connectivity index (χ0) is 14.3. The number of carbonyl (C=O) groups is 1. The summed E-state index contributed by atoms with van der Waals surface area (Å²) < 4.78 is 5.52. The number of carbonyl (C=O) groups excluding carboxylic acids is 1. The van der Waals surface area contributed by atoms with Gasteiger partial charge >= 0.3 is 0 Å². The quantitative estimate of drug-likeness (QED) is 0.723. The second kappa shape index (κ2) is 5.05. The van der Waals surface area contributed by atoms with Crippen molar-refractivity contribution < 1.29 is 19.7 Å². The van der Waals surface area contributed by atoms with Gasteiger partial charge in [0.25, 0.3) is 5.91 Å². The minimum Gasteiger partial charge on any atom is -0.394 e. The fraction of sp³-hybridized carbons (Fsp3) is 0.500. The molecule has 0 radical (unpaired) electrons. The molecule has 0 aliphatic carbocycles. The van der Waals surface area contributed by atoms with Crippen molar-refractivity contribution in [3.8, 4) is 0 Å². The van der Waals surface area contributed by atoms with Crippen molar-refractivity contribution in [2.24, 2.45) is 0 Å². The molecule has 0 spiro atoms. The Labute approximate surface area is 117 Å². The molecule has 1 fully saturated rings. The van der Waals surface area contributed by atoms with Gasteiger partial charge in [0.05, 0.1) is 19.3 Å². The van der Waals surface area contributed by atoms with Crippen LogP contribution in [0.15, 0.2) is 18.2 Å². The van der Waals surface area contributed by atoms with Gasteiger partial charge in [-0.25, -0.2) is 0 Å². The van der Waals surface area contributed by atoms with Crippen molar-refractivity contribution in [2.45, 2.75) is 25.2 Å². The number of nitrogens with zero attached hydrogens (tertiary/aromatic N) is 1. The fourth-order valence-corrected chi connectivity index (χ4v) is 2.70. The standard InChI is InChI=1S/C14H18N2O4/c1-8-7-20-10(6-17)5-16(8)9-2-3-11-12(4-9)15-14(19)13(11)18/h2-4,8,10,13,17-18H,5-7H2,1H3,(H,15,19). The minimum absolute atomic E-state index is 0.0103. The molecule has 2 heterocycles. The number of amides is 1. The molecule has 3 unspecified atom stereocenters. The molecule has 0 aromatic heterocycles. The maximum absolute atomic E-state index is 11.5. The highest BCUT2D eigenvalue weighted by atomic mass is 16.5. The number of benzene rings is 1. The zero-order valence-electron chi connectivity index (χ0n) is 11.2. The van der Waals surface area contributed by atoms with Gasteiger partial charge in [-0.05, 0) is 19.1 Å². The number of aliphatic hydroxyl groups excluding tert-OH is 2. The van der Waals surface area contributed by atoms with Crippen molar-refractivity contribution in [1.29, 1.82) is 0 Å². The topological polar surface area (TPSA) is 82.0 Å². The Morgan fingerprint density at radius 1 is 1.50 bits per heavy atom. The van der Waals surface area contributed by atoms with E-state index in [1.165, 1.54) is 0 Å². The lowest BCUT2D eigenvalue weighted by atomic mass is 10.1. The van der Waals surface area contributed by atoms with Gasteiger partial charge in [-0.1, -0.05) is 6.07 Å². The maximum atomic E-state index is 11.5. The van der Waals surface area contributed by atoms with Crippen LogP contribution in [0.4, 0.5) is 11.4 Å². The molecule has 0 saturated carbocycles. The molecule has 1 aromatic carbocycles. The molecule has 3 N–H and O–H groups in total. The summed E-state index contributed by atoms with van der Waals surface area (Å²) in [5, 5.41) is 21.6. The predicted octanol–water partition coefficient (Wildman–Crippen LogP) is 0.258. The highest BCUT2D eigenvalue weighted by molar-refractivity contribution is 6.02. The molecule has 6 heteroatoms. The van der Waals surface area contributed by atoms with Gasteiger partial charge < -0.3 is 25.2 Å². The number of morpholine rings is 1. The Hall–Kier alpha value is -1.63. The molecule has 1 aromatic rings. The third-order valence-electron chi connectivity index (χ3n) is 3.88. The molecule has 2 aliphatic heterocycles. The van der Waals surface area contributed by atoms with Crippen LogP contribution in [0.25, 0.3) is 0 Å². The highest BCUT2D eigenvalue weighted by Gasteiger charge is 2.31. The molecule has 1 amide bonds. The molecule has 20 heavy (non-hydrogen) atoms. The molecular weight excluding hydrogens is 260 g/mol. The number of rotatable bonds is 2. The van der Waals surface area contributed by atoms with Crippen molar-refractivity contribution in [2.75, 3.05) is 30.0 Å². The summed E-state index contributed by atoms with van der Waals surface area (Å²) in [6.45, 7) is 3.20. The summed E-state index contributed by atoms with van der Waals surface area (Å²) >= 11 is 0. The molecular formula is C14H18N2O4. The summed E-state index contributed by atoms with van der Waals surface area (Å²) in [6.07, 6.45) is -1.27. The lowest BCUT2D eigenvalue weighted by molar-refractivity contribution is -0.123. The smallest absolute Gasteiger partial charge is 0.257 e. The number of hydrogen-bond donors (Lipinski definition) is 3. The Balaban J connectivity index is 1.87. The van der Waals surface area contributed by atoms with E-state index >= 15 is 0 Å². The molecule has 2 aliphatic rings. The van der Waals surface area contributed by atoms with E-state index in [-0.39, 0.29) is 24.7 Å². The Kier molecular flexibility index (Phi) is 3.37. The number of aliphatic hydroxyl groups is 2. The first kappa shape index (κ1) is 13.4. The van der Waals surface area contributed by atoms with E-state index in [9.17, 15) is 15.0 Å². The lowest BCUT2D eigenvalue weighted by Gasteiger charge is -2.39. The number of hydrogen-bond acceptors (Lipinski definition) is 5. The summed E-state index contributed by atoms with van der Waals surface area (Å²) in [5.74, 6) is -0.389. The van der Waals surface area contributed by atoms with Gasteiger partial charge in [-0.3, -0.25) is 4.79 Å². The molecule has 0 bridgehead atoms. The summed E-state index contributed by atoms with van der Waals surface area (Å²) in [5.41, 5.74) is 2.21. The average Bonchev–Trinajstić information content (AvgIpc) is 2.74. The van der Waals surface area contributed by atoms with Crippen molar-refractivity contribution in [3.05, 3.63) is 23.8 Å². The van der Waals surface area contributed by atoms with E-state index in [0.717, 1.165) is 5.69 Å². The van der Waals surface area contributed by atoms with Crippen molar-refractivity contribution >= 4 is 17.3 Å². The first-order valence-electron chi connectivity index (χ1n) is 6.72. The van der Waals surface area contributed by atoms with Crippen molar-refractivity contribution in [3.63, 3.8) is 0 Å². The van der Waals surface area contributed by atoms with Crippen LogP contribution < -0.4 is 10.2 Å². The average molecular weight is 278 g/mol. The number of anilines is 2. The van der Waals surface area contributed by atoms with E-state index in [2.05, 4.69) is 10.2 Å². The SMILES string of the molecule is CC1COC(CO)CN1c1ccc2c(c1)NC(=O)C2O. The Bertz CT molecular complexity index is 534. The monoisotopic (exact) mass is 278 g/mol. The minimum atomic E-state index is -1.08. The van der Waals surface area contributed by atoms with Gasteiger partial charge in [0.1, 0.15) is 0 Å². The molecule has 1 saturated heterocycles. The van der Waals surface area contributed by atoms with E-state index in [1.54, 1.807) is 6.07 Å². The second-order valence-electron chi connectivity index (χ2n) is 5.30. The van der Waals surface area contributed by atoms with Crippen molar-refractivity contribution in [1.82, 2.24) is 0 Å². The van der Waals surface area contributed by atoms with Gasteiger partial charge in [0, 0.05) is 29.5 Å². The predicted molar refractivity (Wildman–Crippen MR) is 73.7 cm³/mol. The number of fused-ring (bicyclic) bond motifs is 1. The Morgan fingerprint density at radius 3 is 3.05 bits per heavy atom. The van der Waals surface area contributed by atoms with Gasteiger partial charge in [-0.2, -0.15) is 0 Å². The normalized spacial score (nSPS) is 29.2. The van der Waals surface area contributed by atoms with E-state index in [4.69, 9.17) is 4.74 Å². The fourth-order valence-electron chi connectivity index (χ4n) is 2.70. The lowest BCUT2D eigenvalue weighted by Crippen LogP contribution is -2.49. The van der Waals surface area contributed by atoms with E-state index < -0.39 is 6.10 Å². The van der Waals surface area contributed by atoms with Crippen LogP contribution in [-0.4, -0.2) is 48.0 Å². The van der Waals surface area contributed by atoms with Crippen LogP contribution in [0.2, 0.25) is 0 Å². The largest absolute Gasteiger partial charge is 0.394 e. The Morgan fingerprint density at radius 2 is 2.30 bits per heavy atom. The van der Waals surface area contributed by atoms with Crippen LogP contribution in [-0.2, 0) is 9.53 Å². The van der Waals surface area contributed by atoms with E-state index in [0.29, 0.717) is 24.4 Å². The van der Waals surface area contributed by atoms with Crippen LogP contribution in [0.1, 0.15) is 18.6 Å².